The van der Waals surface area contributed by atoms with Crippen LogP contribution in [0.25, 0.3) is 0 Å². The number of thiazole rings is 1. The second-order valence-electron chi connectivity index (χ2n) is 6.57. The number of nitrogens with zero attached hydrogens (tertiary/aromatic N) is 3. The van der Waals surface area contributed by atoms with Crippen molar-refractivity contribution in [2.75, 3.05) is 16.0 Å². The summed E-state index contributed by atoms with van der Waals surface area (Å²) in [4.78, 5) is 30.0. The number of aromatic nitrogens is 1. The summed E-state index contributed by atoms with van der Waals surface area (Å²) in [5.74, 6) is -2.35. The molecular formula is C21H20N6O5S2. The first-order chi connectivity index (χ1) is 16.2. The van der Waals surface area contributed by atoms with E-state index in [1.807, 2.05) is 36.4 Å². The Morgan fingerprint density at radius 2 is 1.59 bits per heavy atom. The first kappa shape index (κ1) is 24.4. The van der Waals surface area contributed by atoms with Crippen LogP contribution in [0.4, 0.5) is 27.3 Å². The van der Waals surface area contributed by atoms with Crippen LogP contribution in [0.5, 0.6) is 0 Å². The molecule has 1 aliphatic heterocycles. The molecule has 34 heavy (non-hydrogen) atoms. The Bertz CT molecular complexity index is 1290. The number of nitrogens with two attached hydrogens (primary N) is 2. The van der Waals surface area contributed by atoms with Gasteiger partial charge in [0, 0.05) is 18.3 Å². The number of carbonyl (C=O) groups is 2. The van der Waals surface area contributed by atoms with Gasteiger partial charge >= 0.3 is 5.97 Å². The number of aliphatic carboxylic acids is 2. The molecule has 0 fully saturated rings. The molecule has 1 aromatic heterocycles. The number of nitrogens with one attached hydrogen (secondary N) is 1. The Kier molecular flexibility index (Phi) is 7.60. The molecule has 0 radical (unpaired) electrons. The van der Waals surface area contributed by atoms with Gasteiger partial charge in [-0.3, -0.25) is 9.69 Å². The van der Waals surface area contributed by atoms with E-state index in [0.29, 0.717) is 15.8 Å². The minimum atomic E-state index is -2.09. The number of benzene rings is 2. The van der Waals surface area contributed by atoms with Gasteiger partial charge in [-0.15, -0.1) is 0 Å². The summed E-state index contributed by atoms with van der Waals surface area (Å²) in [5, 5.41) is 20.8. The van der Waals surface area contributed by atoms with Crippen LogP contribution in [0.15, 0.2) is 76.4 Å². The number of anilines is 5. The molecule has 4 rings (SSSR count). The van der Waals surface area contributed by atoms with E-state index < -0.39 is 27.6 Å². The van der Waals surface area contributed by atoms with Crippen LogP contribution < -0.4 is 21.7 Å². The van der Waals surface area contributed by atoms with E-state index >= 15 is 0 Å². The minimum absolute atomic E-state index is 0.0438. The van der Waals surface area contributed by atoms with Gasteiger partial charge in [0.05, 0.1) is 0 Å². The molecule has 1 atom stereocenters. The number of rotatable bonds is 5. The number of aliphatic imine (C=N–C) groups is 1. The maximum Gasteiger partial charge on any atom is 0.349 e. The quantitative estimate of drug-likeness (QED) is 0.349. The van der Waals surface area contributed by atoms with Gasteiger partial charge in [-0.05, 0) is 24.3 Å². The number of nitrogen functional groups attached to an aromatic ring is 1. The van der Waals surface area contributed by atoms with E-state index in [0.717, 1.165) is 12.6 Å². The monoisotopic (exact) mass is 500 g/mol. The van der Waals surface area contributed by atoms with Crippen molar-refractivity contribution in [1.82, 2.24) is 4.98 Å². The third kappa shape index (κ3) is 5.57. The van der Waals surface area contributed by atoms with E-state index in [1.54, 1.807) is 24.3 Å². The second kappa shape index (κ2) is 10.6. The fraction of sp³-hybridized carbons (Fsp3) is 0.0476. The van der Waals surface area contributed by atoms with Crippen molar-refractivity contribution in [2.24, 2.45) is 10.7 Å². The Balaban J connectivity index is 0.000000751. The number of para-hydroxylation sites is 2. The molecule has 0 amide bonds. The van der Waals surface area contributed by atoms with Crippen molar-refractivity contribution in [3.63, 3.8) is 0 Å². The fourth-order valence-corrected chi connectivity index (χ4v) is 4.89. The Labute approximate surface area is 200 Å². The summed E-state index contributed by atoms with van der Waals surface area (Å²) in [6.45, 7) is 1.08. The molecule has 2 heterocycles. The Hall–Kier alpha value is -4.23. The SMILES string of the molecule is CC(=O)O.NC1=C(C(=O)O)S(=O)C(N(c2ccccc2)c2sc(Nc3ccccc3)nc2N)=N1. The van der Waals surface area contributed by atoms with E-state index in [4.69, 9.17) is 21.4 Å². The third-order valence-electron chi connectivity index (χ3n) is 4.06. The summed E-state index contributed by atoms with van der Waals surface area (Å²) < 4.78 is 12.9. The summed E-state index contributed by atoms with van der Waals surface area (Å²) in [5.41, 5.74) is 13.3. The zero-order chi connectivity index (χ0) is 24.8. The molecule has 0 aliphatic carbocycles. The highest BCUT2D eigenvalue weighted by atomic mass is 32.2. The fourth-order valence-electron chi connectivity index (χ4n) is 2.78. The number of carboxylic acid groups (broad SMARTS) is 2. The van der Waals surface area contributed by atoms with E-state index in [1.165, 1.54) is 16.2 Å². The van der Waals surface area contributed by atoms with Crippen molar-refractivity contribution in [3.05, 3.63) is 71.4 Å². The van der Waals surface area contributed by atoms with Gasteiger partial charge in [0.15, 0.2) is 21.7 Å². The highest BCUT2D eigenvalue weighted by molar-refractivity contribution is 8.05. The van der Waals surface area contributed by atoms with Gasteiger partial charge in [-0.2, -0.15) is 0 Å². The second-order valence-corrected chi connectivity index (χ2v) is 8.86. The van der Waals surface area contributed by atoms with Gasteiger partial charge < -0.3 is 27.0 Å². The van der Waals surface area contributed by atoms with E-state index in [9.17, 15) is 14.1 Å². The lowest BCUT2D eigenvalue weighted by molar-refractivity contribution is -0.134. The molecule has 0 saturated heterocycles. The smallest absolute Gasteiger partial charge is 0.349 e. The largest absolute Gasteiger partial charge is 0.481 e. The molecule has 7 N–H and O–H groups in total. The highest BCUT2D eigenvalue weighted by Crippen LogP contribution is 2.41. The molecule has 2 aromatic carbocycles. The lowest BCUT2D eigenvalue weighted by atomic mass is 10.3. The molecular weight excluding hydrogens is 480 g/mol. The summed E-state index contributed by atoms with van der Waals surface area (Å²) in [6, 6.07) is 18.3. The molecule has 1 unspecified atom stereocenters. The maximum absolute atomic E-state index is 12.9. The molecule has 1 aliphatic rings. The van der Waals surface area contributed by atoms with Crippen LogP contribution in [0, 0.1) is 0 Å². The molecule has 3 aromatic rings. The molecule has 0 saturated carbocycles. The van der Waals surface area contributed by atoms with Crippen LogP contribution in [0.2, 0.25) is 0 Å². The third-order valence-corrected chi connectivity index (χ3v) is 6.39. The maximum atomic E-state index is 12.9. The van der Waals surface area contributed by atoms with Gasteiger partial charge in [-0.1, -0.05) is 47.7 Å². The van der Waals surface area contributed by atoms with Gasteiger partial charge in [0.1, 0.15) is 15.8 Å². The standard InChI is InChI=1S/C19H16N6O3S2.C2H4O2/c20-14-13(17(26)27)30(28)19(24-14)25(12-9-5-2-6-10-12)16-15(21)23-18(29-16)22-11-7-3-1-4-8-11;1-2(3)4/h1-10H,20-21H2,(H,22,23)(H,26,27);1H3,(H,3,4). The summed E-state index contributed by atoms with van der Waals surface area (Å²) in [7, 11) is -2.09. The summed E-state index contributed by atoms with van der Waals surface area (Å²) in [6.07, 6.45) is 0. The topological polar surface area (TPSA) is 184 Å². The average Bonchev–Trinajstić information content (AvgIpc) is 3.28. The average molecular weight is 501 g/mol. The normalized spacial score (nSPS) is 14.6. The van der Waals surface area contributed by atoms with Crippen molar-refractivity contribution in [1.29, 1.82) is 0 Å². The van der Waals surface area contributed by atoms with Crippen LogP contribution in [0.1, 0.15) is 6.92 Å². The van der Waals surface area contributed by atoms with E-state index in [2.05, 4.69) is 15.3 Å². The first-order valence-electron chi connectivity index (χ1n) is 9.55. The number of carboxylic acids is 2. The molecule has 13 heteroatoms. The summed E-state index contributed by atoms with van der Waals surface area (Å²) >= 11 is 1.21. The highest BCUT2D eigenvalue weighted by Gasteiger charge is 2.36. The van der Waals surface area contributed by atoms with E-state index in [-0.39, 0.29) is 16.8 Å². The molecule has 0 bridgehead atoms. The van der Waals surface area contributed by atoms with Crippen molar-refractivity contribution >= 4 is 66.6 Å². The Morgan fingerprint density at radius 1 is 1.03 bits per heavy atom. The number of amidine groups is 1. The number of hydrogen-bond donors (Lipinski definition) is 5. The molecule has 176 valence electrons. The lowest BCUT2D eigenvalue weighted by Crippen LogP contribution is -2.29. The number of hydrogen-bond acceptors (Lipinski definition) is 10. The Morgan fingerprint density at radius 3 is 2.12 bits per heavy atom. The van der Waals surface area contributed by atoms with Crippen LogP contribution in [-0.2, 0) is 20.4 Å². The van der Waals surface area contributed by atoms with Gasteiger partial charge in [-0.25, -0.2) is 19.0 Å². The predicted octanol–water partition coefficient (Wildman–Crippen LogP) is 3.03. The van der Waals surface area contributed by atoms with Crippen LogP contribution in [-0.4, -0.2) is 36.5 Å². The van der Waals surface area contributed by atoms with Crippen LogP contribution in [0.3, 0.4) is 0 Å². The minimum Gasteiger partial charge on any atom is -0.481 e. The predicted molar refractivity (Wildman–Crippen MR) is 133 cm³/mol. The first-order valence-corrected chi connectivity index (χ1v) is 11.5. The van der Waals surface area contributed by atoms with Crippen LogP contribution >= 0.6 is 11.3 Å². The molecule has 11 nitrogen and oxygen atoms in total. The van der Waals surface area contributed by atoms with Gasteiger partial charge in [0.2, 0.25) is 5.17 Å². The molecule has 0 spiro atoms. The van der Waals surface area contributed by atoms with Crippen molar-refractivity contribution < 1.29 is 24.0 Å². The zero-order valence-corrected chi connectivity index (χ0v) is 19.3. The van der Waals surface area contributed by atoms with Gasteiger partial charge in [0.25, 0.3) is 5.97 Å². The van der Waals surface area contributed by atoms with Crippen molar-refractivity contribution in [3.8, 4) is 0 Å². The van der Waals surface area contributed by atoms with Crippen molar-refractivity contribution in [2.45, 2.75) is 6.92 Å². The zero-order valence-electron chi connectivity index (χ0n) is 17.7. The lowest BCUT2D eigenvalue weighted by Gasteiger charge is -2.22.